The fourth-order valence-corrected chi connectivity index (χ4v) is 5.45. The molecule has 1 unspecified atom stereocenters. The molecule has 1 aliphatic heterocycles. The number of aromatic nitrogens is 1. The first-order chi connectivity index (χ1) is 19.7. The van der Waals surface area contributed by atoms with Crippen LogP contribution in [0, 0.1) is 12.3 Å². The summed E-state index contributed by atoms with van der Waals surface area (Å²) in [5, 5.41) is 5.63. The Bertz CT molecular complexity index is 1560. The van der Waals surface area contributed by atoms with E-state index in [2.05, 4.69) is 27.0 Å². The number of nitrogens with one attached hydrogen (secondary N) is 1. The molecule has 0 saturated carbocycles. The van der Waals surface area contributed by atoms with Crippen LogP contribution in [-0.2, 0) is 4.84 Å². The molecular weight excluding hydrogens is 506 g/mol. The van der Waals surface area contributed by atoms with Gasteiger partial charge in [0.1, 0.15) is 18.1 Å². The van der Waals surface area contributed by atoms with Crippen LogP contribution in [0.5, 0.6) is 17.2 Å². The summed E-state index contributed by atoms with van der Waals surface area (Å²) in [5.74, 6) is 4.80. The van der Waals surface area contributed by atoms with Gasteiger partial charge in [-0.2, -0.15) is 0 Å². The number of aromatic amines is 1. The molecule has 1 saturated heterocycles. The number of oxime groups is 1. The number of ether oxygens (including phenoxy) is 3. The minimum atomic E-state index is -0.692. The Balaban J connectivity index is 1.41. The van der Waals surface area contributed by atoms with Crippen LogP contribution in [0.1, 0.15) is 49.5 Å². The number of fused-ring (bicyclic) bond motifs is 5. The van der Waals surface area contributed by atoms with E-state index in [9.17, 15) is 0 Å². The van der Waals surface area contributed by atoms with Crippen molar-refractivity contribution in [2.75, 3.05) is 39.5 Å². The number of nitrogens with zero attached hydrogens (tertiary/aromatic N) is 2. The van der Waals surface area contributed by atoms with Crippen molar-refractivity contribution >= 4 is 16.6 Å². The molecule has 3 heterocycles. The highest BCUT2D eigenvalue weighted by molar-refractivity contribution is 6.30. The maximum absolute atomic E-state index is 6.18. The lowest BCUT2D eigenvalue weighted by atomic mass is 10.1. The molecule has 206 valence electrons. The van der Waals surface area contributed by atoms with Gasteiger partial charge in [0.05, 0.1) is 31.4 Å². The topological polar surface area (TPSA) is 81.4 Å². The van der Waals surface area contributed by atoms with Crippen LogP contribution in [0.3, 0.4) is 0 Å². The average Bonchev–Trinajstić information content (AvgIpc) is 3.77. The van der Waals surface area contributed by atoms with E-state index in [1.165, 1.54) is 12.8 Å². The summed E-state index contributed by atoms with van der Waals surface area (Å²) in [6.45, 7) is 8.81. The number of furan rings is 1. The molecule has 2 aliphatic rings. The molecule has 2 aromatic heterocycles. The number of terminal acetylenes is 1. The second kappa shape index (κ2) is 11.4. The molecule has 0 bridgehead atoms. The van der Waals surface area contributed by atoms with Gasteiger partial charge in [-0.25, -0.2) is 0 Å². The van der Waals surface area contributed by atoms with E-state index in [4.69, 9.17) is 29.9 Å². The van der Waals surface area contributed by atoms with Gasteiger partial charge in [-0.3, -0.25) is 4.90 Å². The normalized spacial score (nSPS) is 16.1. The first-order valence-corrected chi connectivity index (χ1v) is 13.9. The van der Waals surface area contributed by atoms with Gasteiger partial charge in [0.2, 0.25) is 6.10 Å². The van der Waals surface area contributed by atoms with E-state index < -0.39 is 6.10 Å². The van der Waals surface area contributed by atoms with Crippen molar-refractivity contribution in [2.24, 2.45) is 5.16 Å². The van der Waals surface area contributed by atoms with Crippen LogP contribution in [0.15, 0.2) is 58.5 Å². The molecule has 1 aliphatic carbocycles. The van der Waals surface area contributed by atoms with Crippen molar-refractivity contribution in [3.05, 3.63) is 65.6 Å². The minimum absolute atomic E-state index is 0.508. The molecule has 1 fully saturated rings. The number of benzene rings is 2. The largest absolute Gasteiger partial charge is 0.492 e. The van der Waals surface area contributed by atoms with Crippen LogP contribution >= 0.6 is 0 Å². The second-order valence-electron chi connectivity index (χ2n) is 9.84. The Hall–Kier alpha value is -4.35. The Labute approximate surface area is 233 Å². The number of rotatable bonds is 11. The summed E-state index contributed by atoms with van der Waals surface area (Å²) in [4.78, 5) is 12.0. The third-order valence-electron chi connectivity index (χ3n) is 7.34. The molecule has 1 atom stereocenters. The zero-order chi connectivity index (χ0) is 27.5. The number of likely N-dealkylation sites (tertiary alicyclic amines) is 1. The lowest BCUT2D eigenvalue weighted by Crippen LogP contribution is -2.25. The smallest absolute Gasteiger partial charge is 0.215 e. The van der Waals surface area contributed by atoms with Gasteiger partial charge in [-0.1, -0.05) is 11.1 Å². The summed E-state index contributed by atoms with van der Waals surface area (Å²) in [6, 6.07) is 11.9. The molecule has 8 nitrogen and oxygen atoms in total. The van der Waals surface area contributed by atoms with Gasteiger partial charge in [-0.05, 0) is 76.2 Å². The number of H-pyrrole nitrogens is 1. The van der Waals surface area contributed by atoms with E-state index in [0.29, 0.717) is 37.0 Å². The summed E-state index contributed by atoms with van der Waals surface area (Å²) in [7, 11) is 0. The molecule has 0 radical (unpaired) electrons. The monoisotopic (exact) mass is 539 g/mol. The standard InChI is InChI=1S/C32H33N3O5/c1-4-27(21-11-15-36-20-21)40-34-32-24-19-29(38-6-3)28(37-5-2)18-23(24)31-30(32)25-17-22(9-10-26(25)33-31)39-16-14-35-12-7-8-13-35/h1,9-11,15,17-20,27,33H,5-8,12-14,16H2,2-3H3/b34-32-. The van der Waals surface area contributed by atoms with E-state index in [0.717, 1.165) is 64.2 Å². The van der Waals surface area contributed by atoms with Crippen molar-refractivity contribution in [3.63, 3.8) is 0 Å². The Morgan fingerprint density at radius 2 is 1.80 bits per heavy atom. The van der Waals surface area contributed by atoms with Crippen LogP contribution < -0.4 is 14.2 Å². The van der Waals surface area contributed by atoms with Crippen LogP contribution in [-0.4, -0.2) is 55.1 Å². The molecule has 0 amide bonds. The van der Waals surface area contributed by atoms with E-state index in [1.807, 2.05) is 38.1 Å². The number of hydrogen-bond acceptors (Lipinski definition) is 7. The molecular formula is C32H33N3O5. The number of hydrogen-bond donors (Lipinski definition) is 1. The third-order valence-corrected chi connectivity index (χ3v) is 7.34. The Morgan fingerprint density at radius 1 is 1.02 bits per heavy atom. The van der Waals surface area contributed by atoms with Gasteiger partial charge in [0, 0.05) is 39.7 Å². The zero-order valence-electron chi connectivity index (χ0n) is 22.9. The van der Waals surface area contributed by atoms with Crippen molar-refractivity contribution in [2.45, 2.75) is 32.8 Å². The highest BCUT2D eigenvalue weighted by Crippen LogP contribution is 2.46. The van der Waals surface area contributed by atoms with Crippen LogP contribution in [0.25, 0.3) is 22.2 Å². The van der Waals surface area contributed by atoms with Crippen molar-refractivity contribution < 1.29 is 23.5 Å². The Kier molecular flexibility index (Phi) is 7.39. The molecule has 6 rings (SSSR count). The average molecular weight is 540 g/mol. The predicted molar refractivity (Wildman–Crippen MR) is 154 cm³/mol. The maximum Gasteiger partial charge on any atom is 0.215 e. The summed E-state index contributed by atoms with van der Waals surface area (Å²) < 4.78 is 23.3. The first kappa shape index (κ1) is 25.9. The second-order valence-corrected chi connectivity index (χ2v) is 9.84. The molecule has 4 aromatic rings. The van der Waals surface area contributed by atoms with E-state index in [-0.39, 0.29) is 0 Å². The highest BCUT2D eigenvalue weighted by Gasteiger charge is 2.32. The quantitative estimate of drug-likeness (QED) is 0.160. The van der Waals surface area contributed by atoms with Crippen LogP contribution in [0.2, 0.25) is 0 Å². The summed E-state index contributed by atoms with van der Waals surface area (Å²) >= 11 is 0. The van der Waals surface area contributed by atoms with Gasteiger partial charge in [0.15, 0.2) is 11.5 Å². The predicted octanol–water partition coefficient (Wildman–Crippen LogP) is 6.16. The van der Waals surface area contributed by atoms with E-state index >= 15 is 0 Å². The fraction of sp³-hybridized carbons (Fsp3) is 0.344. The lowest BCUT2D eigenvalue weighted by molar-refractivity contribution is 0.0996. The molecule has 2 aromatic carbocycles. The minimum Gasteiger partial charge on any atom is -0.492 e. The molecule has 0 spiro atoms. The Morgan fingerprint density at radius 3 is 2.50 bits per heavy atom. The van der Waals surface area contributed by atoms with E-state index in [1.54, 1.807) is 18.6 Å². The van der Waals surface area contributed by atoms with Crippen molar-refractivity contribution in [3.8, 4) is 40.8 Å². The molecule has 8 heteroatoms. The first-order valence-electron chi connectivity index (χ1n) is 13.9. The van der Waals surface area contributed by atoms with Gasteiger partial charge >= 0.3 is 0 Å². The molecule has 40 heavy (non-hydrogen) atoms. The van der Waals surface area contributed by atoms with Crippen molar-refractivity contribution in [1.82, 2.24) is 9.88 Å². The van der Waals surface area contributed by atoms with Gasteiger partial charge in [-0.15, -0.1) is 6.42 Å². The summed E-state index contributed by atoms with van der Waals surface area (Å²) in [6.07, 6.45) is 10.8. The SMILES string of the molecule is C#CC(O/N=C1/c2cc(OCC)c(OCC)cc2-c2[nH]c3ccc(OCCN4CCCC4)cc3c21)c1ccoc1. The fourth-order valence-electron chi connectivity index (χ4n) is 5.45. The highest BCUT2D eigenvalue weighted by atomic mass is 16.6. The van der Waals surface area contributed by atoms with Crippen LogP contribution in [0.4, 0.5) is 0 Å². The summed E-state index contributed by atoms with van der Waals surface area (Å²) in [5.41, 5.74) is 6.05. The third kappa shape index (κ3) is 4.89. The maximum atomic E-state index is 6.18. The molecule has 1 N–H and O–H groups in total. The zero-order valence-corrected chi connectivity index (χ0v) is 22.9. The van der Waals surface area contributed by atoms with Crippen molar-refractivity contribution in [1.29, 1.82) is 0 Å². The van der Waals surface area contributed by atoms with Gasteiger partial charge < -0.3 is 28.4 Å². The lowest BCUT2D eigenvalue weighted by Gasteiger charge is -2.15. The van der Waals surface area contributed by atoms with Gasteiger partial charge in [0.25, 0.3) is 0 Å².